The molecule has 1 aromatic rings. The number of nitrogens with zero attached hydrogens (tertiary/aromatic N) is 3. The molecule has 90 valence electrons. The summed E-state index contributed by atoms with van der Waals surface area (Å²) >= 11 is 0. The number of aliphatic hydroxyl groups excluding tert-OH is 4. The summed E-state index contributed by atoms with van der Waals surface area (Å²) in [6.07, 6.45) is -2.70. The molecule has 0 aliphatic carbocycles. The zero-order valence-corrected chi connectivity index (χ0v) is 8.34. The Morgan fingerprint density at radius 2 is 2.06 bits per heavy atom. The van der Waals surface area contributed by atoms with Gasteiger partial charge in [-0.1, -0.05) is 5.21 Å². The first-order valence-electron chi connectivity index (χ1n) is 4.81. The van der Waals surface area contributed by atoms with E-state index in [-0.39, 0.29) is 6.61 Å². The zero-order valence-electron chi connectivity index (χ0n) is 8.34. The maximum atomic E-state index is 9.66. The molecular weight excluding hydrogens is 218 g/mol. The van der Waals surface area contributed by atoms with Gasteiger partial charge >= 0.3 is 0 Å². The highest BCUT2D eigenvalue weighted by molar-refractivity contribution is 4.94. The van der Waals surface area contributed by atoms with Crippen LogP contribution in [0.2, 0.25) is 0 Å². The van der Waals surface area contributed by atoms with Crippen LogP contribution in [-0.4, -0.2) is 60.3 Å². The molecule has 1 aliphatic rings. The monoisotopic (exact) mass is 231 g/mol. The third kappa shape index (κ3) is 1.81. The Balaban J connectivity index is 2.16. The Hall–Kier alpha value is -1.06. The summed E-state index contributed by atoms with van der Waals surface area (Å²) in [7, 11) is 0. The van der Waals surface area contributed by atoms with Crippen LogP contribution in [0.1, 0.15) is 11.9 Å². The molecule has 1 saturated heterocycles. The van der Waals surface area contributed by atoms with Gasteiger partial charge in [0.15, 0.2) is 6.23 Å². The lowest BCUT2D eigenvalue weighted by molar-refractivity contribution is -0.0594. The zero-order chi connectivity index (χ0) is 11.7. The average molecular weight is 231 g/mol. The summed E-state index contributed by atoms with van der Waals surface area (Å²) in [5, 5.41) is 44.1. The smallest absolute Gasteiger partial charge is 0.180 e. The van der Waals surface area contributed by atoms with Crippen molar-refractivity contribution in [3.63, 3.8) is 0 Å². The van der Waals surface area contributed by atoms with E-state index in [0.29, 0.717) is 5.69 Å². The minimum absolute atomic E-state index is 0.269. The van der Waals surface area contributed by atoms with E-state index < -0.39 is 31.1 Å². The fraction of sp³-hybridized carbons (Fsp3) is 0.750. The topological polar surface area (TPSA) is 121 Å². The molecule has 1 aromatic heterocycles. The van der Waals surface area contributed by atoms with Crippen molar-refractivity contribution in [1.29, 1.82) is 0 Å². The van der Waals surface area contributed by atoms with Crippen molar-refractivity contribution < 1.29 is 25.2 Å². The number of rotatable bonds is 3. The Labute approximate surface area is 90.7 Å². The van der Waals surface area contributed by atoms with Crippen LogP contribution in [0.5, 0.6) is 0 Å². The average Bonchev–Trinajstić information content (AvgIpc) is 2.86. The molecular formula is C8H13N3O5. The van der Waals surface area contributed by atoms with Crippen molar-refractivity contribution in [2.75, 3.05) is 6.61 Å². The molecule has 0 bridgehead atoms. The molecule has 0 unspecified atom stereocenters. The lowest BCUT2D eigenvalue weighted by Gasteiger charge is -2.13. The van der Waals surface area contributed by atoms with E-state index in [9.17, 15) is 10.2 Å². The Morgan fingerprint density at radius 1 is 1.31 bits per heavy atom. The quantitative estimate of drug-likeness (QED) is 0.449. The number of aliphatic hydroxyl groups is 4. The summed E-state index contributed by atoms with van der Waals surface area (Å²) in [5.41, 5.74) is 0.331. The van der Waals surface area contributed by atoms with Crippen LogP contribution in [0, 0.1) is 0 Å². The summed E-state index contributed by atoms with van der Waals surface area (Å²) in [6.45, 7) is -0.662. The highest BCUT2D eigenvalue weighted by Gasteiger charge is 2.43. The van der Waals surface area contributed by atoms with E-state index in [2.05, 4.69) is 10.3 Å². The number of hydrogen-bond donors (Lipinski definition) is 4. The van der Waals surface area contributed by atoms with Crippen molar-refractivity contribution in [2.45, 2.75) is 31.1 Å². The second-order valence-corrected chi connectivity index (χ2v) is 3.58. The molecule has 0 saturated carbocycles. The molecule has 1 aliphatic heterocycles. The van der Waals surface area contributed by atoms with Gasteiger partial charge in [0.1, 0.15) is 24.0 Å². The maximum absolute atomic E-state index is 9.66. The van der Waals surface area contributed by atoms with Gasteiger partial charge in [0.2, 0.25) is 0 Å². The van der Waals surface area contributed by atoms with Gasteiger partial charge in [0.25, 0.3) is 0 Å². The van der Waals surface area contributed by atoms with E-state index in [0.717, 1.165) is 0 Å². The number of hydrogen-bond acceptors (Lipinski definition) is 7. The predicted octanol–water partition coefficient (Wildman–Crippen LogP) is -2.62. The molecule has 2 heterocycles. The molecule has 4 atom stereocenters. The Kier molecular flexibility index (Phi) is 3.17. The molecule has 0 amide bonds. The van der Waals surface area contributed by atoms with Gasteiger partial charge in [-0.2, -0.15) is 0 Å². The Morgan fingerprint density at radius 3 is 2.56 bits per heavy atom. The van der Waals surface area contributed by atoms with Gasteiger partial charge in [-0.05, 0) is 0 Å². The first kappa shape index (κ1) is 11.4. The fourth-order valence-corrected chi connectivity index (χ4v) is 1.61. The van der Waals surface area contributed by atoms with E-state index in [1.165, 1.54) is 10.9 Å². The SMILES string of the molecule is OCc1cn([C@@H]2O[C@H](CO)[C@@H](O)[C@H]2O)nn1. The van der Waals surface area contributed by atoms with E-state index in [1.54, 1.807) is 0 Å². The van der Waals surface area contributed by atoms with Crippen molar-refractivity contribution >= 4 is 0 Å². The van der Waals surface area contributed by atoms with E-state index >= 15 is 0 Å². The molecule has 4 N–H and O–H groups in total. The molecule has 2 rings (SSSR count). The maximum Gasteiger partial charge on any atom is 0.180 e. The van der Waals surface area contributed by atoms with Crippen LogP contribution in [0.4, 0.5) is 0 Å². The lowest BCUT2D eigenvalue weighted by atomic mass is 10.1. The van der Waals surface area contributed by atoms with Crippen LogP contribution in [0.15, 0.2) is 6.20 Å². The van der Waals surface area contributed by atoms with E-state index in [1.807, 2.05) is 0 Å². The first-order chi connectivity index (χ1) is 7.67. The van der Waals surface area contributed by atoms with Gasteiger partial charge < -0.3 is 25.2 Å². The normalized spacial score (nSPS) is 34.5. The molecule has 8 nitrogen and oxygen atoms in total. The van der Waals surface area contributed by atoms with Crippen molar-refractivity contribution in [3.05, 3.63) is 11.9 Å². The highest BCUT2D eigenvalue weighted by atomic mass is 16.6. The van der Waals surface area contributed by atoms with E-state index in [4.69, 9.17) is 14.9 Å². The molecule has 0 radical (unpaired) electrons. The summed E-state index contributed by atoms with van der Waals surface area (Å²) in [4.78, 5) is 0. The largest absolute Gasteiger partial charge is 0.394 e. The minimum atomic E-state index is -1.19. The molecule has 0 spiro atoms. The van der Waals surface area contributed by atoms with Gasteiger partial charge in [-0.3, -0.25) is 0 Å². The van der Waals surface area contributed by atoms with Crippen LogP contribution in [0.3, 0.4) is 0 Å². The summed E-state index contributed by atoms with van der Waals surface area (Å²) in [5.74, 6) is 0. The summed E-state index contributed by atoms with van der Waals surface area (Å²) in [6, 6.07) is 0. The fourth-order valence-electron chi connectivity index (χ4n) is 1.61. The van der Waals surface area contributed by atoms with Gasteiger partial charge in [0.05, 0.1) is 19.4 Å². The first-order valence-corrected chi connectivity index (χ1v) is 4.81. The van der Waals surface area contributed by atoms with Crippen LogP contribution >= 0.6 is 0 Å². The highest BCUT2D eigenvalue weighted by Crippen LogP contribution is 2.28. The predicted molar refractivity (Wildman–Crippen MR) is 49.0 cm³/mol. The van der Waals surface area contributed by atoms with Crippen LogP contribution < -0.4 is 0 Å². The standard InChI is InChI=1S/C8H13N3O5/c12-2-4-1-11(10-9-4)8-7(15)6(14)5(3-13)16-8/h1,5-8,12-15H,2-3H2/t5-,6-,7-,8-/m1/s1. The second-order valence-electron chi connectivity index (χ2n) is 3.58. The number of ether oxygens (including phenoxy) is 1. The lowest BCUT2D eigenvalue weighted by Crippen LogP contribution is -2.33. The third-order valence-electron chi connectivity index (χ3n) is 2.50. The Bertz CT molecular complexity index is 357. The van der Waals surface area contributed by atoms with Crippen molar-refractivity contribution in [3.8, 4) is 0 Å². The molecule has 1 fully saturated rings. The van der Waals surface area contributed by atoms with Gasteiger partial charge in [-0.15, -0.1) is 5.10 Å². The van der Waals surface area contributed by atoms with Crippen LogP contribution in [-0.2, 0) is 11.3 Å². The molecule has 8 heteroatoms. The molecule has 16 heavy (non-hydrogen) atoms. The molecule has 0 aromatic carbocycles. The third-order valence-corrected chi connectivity index (χ3v) is 2.50. The second kappa shape index (κ2) is 4.44. The van der Waals surface area contributed by atoms with Crippen molar-refractivity contribution in [1.82, 2.24) is 15.0 Å². The summed E-state index contributed by atoms with van der Waals surface area (Å²) < 4.78 is 6.41. The van der Waals surface area contributed by atoms with Crippen LogP contribution in [0.25, 0.3) is 0 Å². The van der Waals surface area contributed by atoms with Gasteiger partial charge in [0, 0.05) is 0 Å². The van der Waals surface area contributed by atoms with Crippen molar-refractivity contribution in [2.24, 2.45) is 0 Å². The minimum Gasteiger partial charge on any atom is -0.394 e. The van der Waals surface area contributed by atoms with Gasteiger partial charge in [-0.25, -0.2) is 4.68 Å². The number of aromatic nitrogens is 3.